The summed E-state index contributed by atoms with van der Waals surface area (Å²) >= 11 is 0. The summed E-state index contributed by atoms with van der Waals surface area (Å²) in [7, 11) is 0. The van der Waals surface area contributed by atoms with Crippen molar-refractivity contribution in [2.24, 2.45) is 5.73 Å². The van der Waals surface area contributed by atoms with Crippen molar-refractivity contribution in [2.45, 2.75) is 6.92 Å². The summed E-state index contributed by atoms with van der Waals surface area (Å²) < 4.78 is 0. The van der Waals surface area contributed by atoms with Crippen molar-refractivity contribution in [3.8, 4) is 11.8 Å². The number of nitrogens with two attached hydrogens (primary N) is 1. The van der Waals surface area contributed by atoms with E-state index >= 15 is 0 Å². The van der Waals surface area contributed by atoms with Crippen molar-refractivity contribution in [2.75, 3.05) is 11.9 Å². The van der Waals surface area contributed by atoms with E-state index in [0.717, 1.165) is 11.1 Å². The number of hydrogen-bond acceptors (Lipinski definition) is 4. The van der Waals surface area contributed by atoms with Crippen LogP contribution in [0.15, 0.2) is 36.9 Å². The van der Waals surface area contributed by atoms with E-state index in [1.807, 2.05) is 13.0 Å². The Morgan fingerprint density at radius 1 is 1.35 bits per heavy atom. The van der Waals surface area contributed by atoms with Gasteiger partial charge in [0.1, 0.15) is 6.33 Å². The van der Waals surface area contributed by atoms with E-state index in [2.05, 4.69) is 27.1 Å². The number of nitrogens with one attached hydrogen (secondary N) is 1. The molecule has 0 bridgehead atoms. The van der Waals surface area contributed by atoms with Crippen molar-refractivity contribution in [1.82, 2.24) is 9.97 Å². The van der Waals surface area contributed by atoms with Gasteiger partial charge >= 0.3 is 0 Å². The topological polar surface area (TPSA) is 80.9 Å². The number of nitrogens with zero attached hydrogens (tertiary/aromatic N) is 2. The predicted octanol–water partition coefficient (Wildman–Crippen LogP) is 1.35. The highest BCUT2D eigenvalue weighted by molar-refractivity contribution is 6.04. The van der Waals surface area contributed by atoms with Gasteiger partial charge in [-0.25, -0.2) is 9.97 Å². The Labute approximate surface area is 117 Å². The first kappa shape index (κ1) is 13.7. The van der Waals surface area contributed by atoms with Crippen molar-refractivity contribution in [3.05, 3.63) is 53.6 Å². The molecule has 0 aliphatic heterocycles. The number of anilines is 1. The monoisotopic (exact) mass is 266 g/mol. The van der Waals surface area contributed by atoms with Gasteiger partial charge in [0, 0.05) is 11.1 Å². The fourth-order valence-corrected chi connectivity index (χ4v) is 1.61. The first-order valence-corrected chi connectivity index (χ1v) is 6.06. The molecule has 0 unspecified atom stereocenters. The maximum atomic E-state index is 12.1. The highest BCUT2D eigenvalue weighted by Crippen LogP contribution is 2.12. The van der Waals surface area contributed by atoms with Gasteiger partial charge in [0.05, 0.1) is 24.6 Å². The van der Waals surface area contributed by atoms with Crippen molar-refractivity contribution < 1.29 is 4.79 Å². The number of carbonyl (C=O) groups is 1. The third-order valence-corrected chi connectivity index (χ3v) is 2.64. The molecule has 5 heteroatoms. The molecule has 1 heterocycles. The van der Waals surface area contributed by atoms with Gasteiger partial charge in [0.2, 0.25) is 0 Å². The molecule has 1 aromatic carbocycles. The van der Waals surface area contributed by atoms with Crippen molar-refractivity contribution in [3.63, 3.8) is 0 Å². The van der Waals surface area contributed by atoms with Crippen LogP contribution in [-0.2, 0) is 0 Å². The summed E-state index contributed by atoms with van der Waals surface area (Å²) in [6, 6.07) is 5.36. The second-order valence-electron chi connectivity index (χ2n) is 4.12. The van der Waals surface area contributed by atoms with E-state index in [9.17, 15) is 4.79 Å². The number of benzene rings is 1. The van der Waals surface area contributed by atoms with Crippen LogP contribution in [-0.4, -0.2) is 22.4 Å². The minimum atomic E-state index is -0.226. The van der Waals surface area contributed by atoms with E-state index in [1.165, 1.54) is 18.7 Å². The van der Waals surface area contributed by atoms with Crippen LogP contribution in [0.1, 0.15) is 21.5 Å². The second-order valence-corrected chi connectivity index (χ2v) is 4.12. The Morgan fingerprint density at radius 3 is 2.80 bits per heavy atom. The van der Waals surface area contributed by atoms with Crippen LogP contribution < -0.4 is 11.1 Å². The molecule has 5 nitrogen and oxygen atoms in total. The predicted molar refractivity (Wildman–Crippen MR) is 77.1 cm³/mol. The second kappa shape index (κ2) is 6.45. The van der Waals surface area contributed by atoms with Crippen molar-refractivity contribution >= 4 is 11.6 Å². The molecule has 2 rings (SSSR count). The molecular weight excluding hydrogens is 252 g/mol. The molecule has 0 atom stereocenters. The third kappa shape index (κ3) is 3.40. The molecule has 1 amide bonds. The van der Waals surface area contributed by atoms with E-state index < -0.39 is 0 Å². The summed E-state index contributed by atoms with van der Waals surface area (Å²) in [6.07, 6.45) is 4.48. The average molecular weight is 266 g/mol. The van der Waals surface area contributed by atoms with Gasteiger partial charge in [-0.1, -0.05) is 17.9 Å². The fraction of sp³-hybridized carbons (Fsp3) is 0.133. The first-order chi connectivity index (χ1) is 9.70. The number of rotatable bonds is 2. The number of hydrogen-bond donors (Lipinski definition) is 2. The van der Waals surface area contributed by atoms with Gasteiger partial charge in [0.15, 0.2) is 0 Å². The summed E-state index contributed by atoms with van der Waals surface area (Å²) in [5.41, 5.74) is 8.24. The van der Waals surface area contributed by atoms with Crippen LogP contribution in [0.25, 0.3) is 0 Å². The maximum Gasteiger partial charge on any atom is 0.255 e. The quantitative estimate of drug-likeness (QED) is 0.804. The summed E-state index contributed by atoms with van der Waals surface area (Å²) in [6.45, 7) is 2.23. The van der Waals surface area contributed by atoms with Crippen LogP contribution in [0.5, 0.6) is 0 Å². The minimum absolute atomic E-state index is 0.226. The molecule has 1 aromatic heterocycles. The lowest BCUT2D eigenvalue weighted by Crippen LogP contribution is -2.12. The van der Waals surface area contributed by atoms with Gasteiger partial charge in [-0.05, 0) is 24.6 Å². The van der Waals surface area contributed by atoms with Gasteiger partial charge < -0.3 is 11.1 Å². The van der Waals surface area contributed by atoms with Crippen LogP contribution in [0.4, 0.5) is 5.69 Å². The van der Waals surface area contributed by atoms with Crippen LogP contribution in [0, 0.1) is 18.8 Å². The van der Waals surface area contributed by atoms with E-state index in [0.29, 0.717) is 11.3 Å². The Balaban J connectivity index is 2.22. The third-order valence-electron chi connectivity index (χ3n) is 2.64. The zero-order chi connectivity index (χ0) is 14.4. The van der Waals surface area contributed by atoms with E-state index in [-0.39, 0.29) is 12.5 Å². The highest BCUT2D eigenvalue weighted by atomic mass is 16.1. The molecule has 0 fully saturated rings. The van der Waals surface area contributed by atoms with Crippen molar-refractivity contribution in [1.29, 1.82) is 0 Å². The molecular formula is C15H14N4O. The summed E-state index contributed by atoms with van der Waals surface area (Å²) in [5, 5.41) is 2.72. The van der Waals surface area contributed by atoms with Gasteiger partial charge in [-0.3, -0.25) is 4.79 Å². The maximum absolute atomic E-state index is 12.1. The molecule has 0 spiro atoms. The molecule has 0 aliphatic carbocycles. The number of aryl methyl sites for hydroxylation is 1. The smallest absolute Gasteiger partial charge is 0.255 e. The Morgan fingerprint density at radius 2 is 2.10 bits per heavy atom. The zero-order valence-corrected chi connectivity index (χ0v) is 11.1. The lowest BCUT2D eigenvalue weighted by molar-refractivity contribution is 0.102. The Bertz CT molecular complexity index is 671. The summed E-state index contributed by atoms with van der Waals surface area (Å²) in [4.78, 5) is 19.8. The molecule has 3 N–H and O–H groups in total. The molecule has 0 radical (unpaired) electrons. The Hall–Kier alpha value is -2.71. The van der Waals surface area contributed by atoms with Crippen LogP contribution >= 0.6 is 0 Å². The van der Waals surface area contributed by atoms with Gasteiger partial charge in [-0.15, -0.1) is 0 Å². The van der Waals surface area contributed by atoms with Crippen LogP contribution in [0.2, 0.25) is 0 Å². The van der Waals surface area contributed by atoms with Crippen LogP contribution in [0.3, 0.4) is 0 Å². The summed E-state index contributed by atoms with van der Waals surface area (Å²) in [5.74, 6) is 5.51. The number of carbonyl (C=O) groups excluding carboxylic acids is 1. The SMILES string of the molecule is Cc1ccc(C(=O)Nc2cncnc2)cc1C#CCN. The average Bonchev–Trinajstić information content (AvgIpc) is 2.47. The lowest BCUT2D eigenvalue weighted by atomic mass is 10.0. The molecule has 0 aliphatic rings. The van der Waals surface area contributed by atoms with Gasteiger partial charge in [-0.2, -0.15) is 0 Å². The zero-order valence-electron chi connectivity index (χ0n) is 11.1. The normalized spacial score (nSPS) is 9.50. The molecule has 20 heavy (non-hydrogen) atoms. The highest BCUT2D eigenvalue weighted by Gasteiger charge is 2.08. The van der Waals surface area contributed by atoms with E-state index in [4.69, 9.17) is 5.73 Å². The largest absolute Gasteiger partial charge is 0.320 e. The Kier molecular flexibility index (Phi) is 4.43. The molecule has 2 aromatic rings. The number of aromatic nitrogens is 2. The van der Waals surface area contributed by atoms with E-state index in [1.54, 1.807) is 12.1 Å². The van der Waals surface area contributed by atoms with Gasteiger partial charge in [0.25, 0.3) is 5.91 Å². The molecule has 100 valence electrons. The molecule has 0 saturated heterocycles. The molecule has 0 saturated carbocycles. The minimum Gasteiger partial charge on any atom is -0.320 e. The fourth-order valence-electron chi connectivity index (χ4n) is 1.61. The standard InChI is InChI=1S/C15H14N4O/c1-11-4-5-13(7-12(11)3-2-6-16)15(20)19-14-8-17-10-18-9-14/h4-5,7-10H,6,16H2,1H3,(H,19,20). The lowest BCUT2D eigenvalue weighted by Gasteiger charge is -2.06. The number of amides is 1. The first-order valence-electron chi connectivity index (χ1n) is 6.06.